The summed E-state index contributed by atoms with van der Waals surface area (Å²) in [6, 6.07) is 9.54. The van der Waals surface area contributed by atoms with E-state index in [2.05, 4.69) is 15.6 Å². The van der Waals surface area contributed by atoms with Crippen molar-refractivity contribution in [2.45, 2.75) is 19.3 Å². The lowest BCUT2D eigenvalue weighted by Crippen LogP contribution is -2.23. The van der Waals surface area contributed by atoms with E-state index in [1.165, 1.54) is 0 Å². The highest BCUT2D eigenvalue weighted by molar-refractivity contribution is 5.96. The molecule has 0 spiro atoms. The minimum Gasteiger partial charge on any atom is -0.508 e. The van der Waals surface area contributed by atoms with Crippen LogP contribution < -0.4 is 5.32 Å². The number of aromatic nitrogens is 3. The number of hydrogen-bond acceptors (Lipinski definition) is 4. The van der Waals surface area contributed by atoms with Gasteiger partial charge in [-0.25, -0.2) is 4.68 Å². The highest BCUT2D eigenvalue weighted by atomic mass is 16.3. The normalized spacial score (nSPS) is 17.1. The fourth-order valence-corrected chi connectivity index (χ4v) is 3.18. The predicted molar refractivity (Wildman–Crippen MR) is 86.4 cm³/mol. The van der Waals surface area contributed by atoms with Gasteiger partial charge in [-0.15, -0.1) is 5.10 Å². The van der Waals surface area contributed by atoms with E-state index < -0.39 is 0 Å². The highest BCUT2D eigenvalue weighted by Gasteiger charge is 2.27. The summed E-state index contributed by atoms with van der Waals surface area (Å²) in [4.78, 5) is 12.0. The van der Waals surface area contributed by atoms with Gasteiger partial charge >= 0.3 is 0 Å². The number of nitrogens with one attached hydrogen (secondary N) is 1. The molecule has 0 unspecified atom stereocenters. The van der Waals surface area contributed by atoms with Gasteiger partial charge in [0.2, 0.25) is 5.91 Å². The molecule has 23 heavy (non-hydrogen) atoms. The molecule has 3 aromatic rings. The molecule has 116 valence electrons. The lowest BCUT2D eigenvalue weighted by Gasteiger charge is -2.26. The first-order chi connectivity index (χ1) is 11.0. The van der Waals surface area contributed by atoms with Gasteiger partial charge in [0.15, 0.2) is 0 Å². The summed E-state index contributed by atoms with van der Waals surface area (Å²) < 4.78 is 1.73. The number of rotatable bonds is 1. The molecule has 2 N–H and O–H groups in total. The van der Waals surface area contributed by atoms with Gasteiger partial charge in [-0.3, -0.25) is 4.79 Å². The zero-order valence-corrected chi connectivity index (χ0v) is 12.9. The van der Waals surface area contributed by atoms with Gasteiger partial charge in [-0.2, -0.15) is 0 Å². The van der Waals surface area contributed by atoms with Crippen molar-refractivity contribution in [2.75, 3.05) is 5.32 Å². The van der Waals surface area contributed by atoms with Crippen molar-refractivity contribution >= 4 is 22.6 Å². The van der Waals surface area contributed by atoms with Gasteiger partial charge in [0.05, 0.1) is 5.52 Å². The summed E-state index contributed by atoms with van der Waals surface area (Å²) in [6.07, 6.45) is 0.378. The van der Waals surface area contributed by atoms with Crippen molar-refractivity contribution in [3.8, 4) is 5.75 Å². The van der Waals surface area contributed by atoms with Crippen molar-refractivity contribution in [3.63, 3.8) is 0 Å². The summed E-state index contributed by atoms with van der Waals surface area (Å²) in [5.74, 6) is 0.0866. The minimum absolute atomic E-state index is 0.0509. The molecule has 1 aliphatic heterocycles. The number of benzene rings is 2. The molecule has 0 saturated carbocycles. The number of aromatic hydroxyl groups is 1. The van der Waals surface area contributed by atoms with Crippen molar-refractivity contribution in [3.05, 3.63) is 47.0 Å². The maximum Gasteiger partial charge on any atom is 0.225 e. The molecule has 0 fully saturated rings. The molecule has 6 nitrogen and oxygen atoms in total. The van der Waals surface area contributed by atoms with Crippen molar-refractivity contribution in [2.24, 2.45) is 7.05 Å². The van der Waals surface area contributed by atoms with Crippen LogP contribution >= 0.6 is 0 Å². The summed E-state index contributed by atoms with van der Waals surface area (Å²) in [5.41, 5.74) is 5.28. The van der Waals surface area contributed by atoms with Crippen molar-refractivity contribution < 1.29 is 9.90 Å². The van der Waals surface area contributed by atoms with Crippen LogP contribution in [0.5, 0.6) is 5.75 Å². The number of aryl methyl sites for hydroxylation is 2. The van der Waals surface area contributed by atoms with E-state index in [1.54, 1.807) is 10.7 Å². The van der Waals surface area contributed by atoms with E-state index in [0.717, 1.165) is 27.7 Å². The summed E-state index contributed by atoms with van der Waals surface area (Å²) >= 11 is 0. The van der Waals surface area contributed by atoms with Crippen LogP contribution in [-0.2, 0) is 11.8 Å². The van der Waals surface area contributed by atoms with Crippen LogP contribution in [0, 0.1) is 6.92 Å². The average Bonchev–Trinajstić information content (AvgIpc) is 2.89. The number of amides is 1. The van der Waals surface area contributed by atoms with E-state index in [0.29, 0.717) is 12.1 Å². The number of nitrogens with zero attached hydrogens (tertiary/aromatic N) is 3. The molecule has 1 aliphatic rings. The quantitative estimate of drug-likeness (QED) is 0.723. The molecular formula is C17H16N4O2. The van der Waals surface area contributed by atoms with E-state index >= 15 is 0 Å². The molecule has 0 bridgehead atoms. The Kier molecular flexibility index (Phi) is 2.87. The molecule has 2 heterocycles. The lowest BCUT2D eigenvalue weighted by molar-refractivity contribution is -0.116. The maximum atomic E-state index is 12.0. The Bertz CT molecular complexity index is 945. The monoisotopic (exact) mass is 308 g/mol. The van der Waals surface area contributed by atoms with Crippen LogP contribution in [0.15, 0.2) is 30.3 Å². The zero-order chi connectivity index (χ0) is 16.1. The third-order valence-electron chi connectivity index (χ3n) is 4.44. The Hall–Kier alpha value is -2.89. The third-order valence-corrected chi connectivity index (χ3v) is 4.44. The smallest absolute Gasteiger partial charge is 0.225 e. The number of carbonyl (C=O) groups is 1. The Labute approximate surface area is 132 Å². The van der Waals surface area contributed by atoms with Gasteiger partial charge in [0, 0.05) is 31.1 Å². The first-order valence-electron chi connectivity index (χ1n) is 7.45. The van der Waals surface area contributed by atoms with E-state index in [-0.39, 0.29) is 17.6 Å². The Morgan fingerprint density at radius 1 is 1.30 bits per heavy atom. The molecule has 1 atom stereocenters. The first-order valence-corrected chi connectivity index (χ1v) is 7.45. The van der Waals surface area contributed by atoms with E-state index in [1.807, 2.05) is 38.2 Å². The number of phenolic OH excluding ortho intramolecular Hbond substituents is 1. The Balaban J connectivity index is 1.87. The fraction of sp³-hybridized carbons (Fsp3) is 0.235. The minimum atomic E-state index is -0.0514. The largest absolute Gasteiger partial charge is 0.508 e. The molecule has 1 amide bonds. The molecule has 0 radical (unpaired) electrons. The first kappa shape index (κ1) is 13.8. The number of fused-ring (bicyclic) bond motifs is 2. The SMILES string of the molecule is Cc1cc2c(cc1O)NC(=O)C[C@H]2c1ccc2c(c1)nnn2C. The van der Waals surface area contributed by atoms with Gasteiger partial charge in [0.25, 0.3) is 0 Å². The van der Waals surface area contributed by atoms with Crippen LogP contribution in [0.4, 0.5) is 5.69 Å². The van der Waals surface area contributed by atoms with E-state index in [9.17, 15) is 9.90 Å². The molecule has 6 heteroatoms. The topological polar surface area (TPSA) is 80.0 Å². The maximum absolute atomic E-state index is 12.0. The summed E-state index contributed by atoms with van der Waals surface area (Å²) in [7, 11) is 1.85. The molecular weight excluding hydrogens is 292 g/mol. The van der Waals surface area contributed by atoms with Gasteiger partial charge in [-0.05, 0) is 41.8 Å². The number of carbonyl (C=O) groups excluding carboxylic acids is 1. The third kappa shape index (κ3) is 2.14. The predicted octanol–water partition coefficient (Wildman–Crippen LogP) is 2.46. The summed E-state index contributed by atoms with van der Waals surface area (Å²) in [5, 5.41) is 20.9. The van der Waals surface area contributed by atoms with Gasteiger partial charge in [-0.1, -0.05) is 11.3 Å². The highest BCUT2D eigenvalue weighted by Crippen LogP contribution is 2.40. The van der Waals surface area contributed by atoms with Gasteiger partial charge in [0.1, 0.15) is 11.3 Å². The van der Waals surface area contributed by atoms with Crippen molar-refractivity contribution in [1.82, 2.24) is 15.0 Å². The number of hydrogen-bond donors (Lipinski definition) is 2. The Morgan fingerprint density at radius 3 is 2.96 bits per heavy atom. The van der Waals surface area contributed by atoms with Gasteiger partial charge < -0.3 is 10.4 Å². The standard InChI is InChI=1S/C17H16N4O2/c1-9-5-12-11(7-17(23)18-13(12)8-16(9)22)10-3-4-15-14(6-10)19-20-21(15)2/h3-6,8,11,22H,7H2,1-2H3,(H,18,23)/t11-/m0/s1. The fourth-order valence-electron chi connectivity index (χ4n) is 3.18. The molecule has 4 rings (SSSR count). The number of anilines is 1. The second kappa shape index (κ2) is 4.81. The second-order valence-electron chi connectivity index (χ2n) is 5.99. The second-order valence-corrected chi connectivity index (χ2v) is 5.99. The van der Waals surface area contributed by atoms with Crippen LogP contribution in [0.1, 0.15) is 29.0 Å². The van der Waals surface area contributed by atoms with Crippen LogP contribution in [-0.4, -0.2) is 26.0 Å². The summed E-state index contributed by atoms with van der Waals surface area (Å²) in [6.45, 7) is 1.86. The average molecular weight is 308 g/mol. The zero-order valence-electron chi connectivity index (χ0n) is 12.9. The van der Waals surface area contributed by atoms with E-state index in [4.69, 9.17) is 0 Å². The Morgan fingerprint density at radius 2 is 2.13 bits per heavy atom. The molecule has 0 aliphatic carbocycles. The van der Waals surface area contributed by atoms with Crippen LogP contribution in [0.25, 0.3) is 11.0 Å². The lowest BCUT2D eigenvalue weighted by atomic mass is 9.84. The number of phenols is 1. The van der Waals surface area contributed by atoms with Crippen molar-refractivity contribution in [1.29, 1.82) is 0 Å². The molecule has 2 aromatic carbocycles. The molecule has 0 saturated heterocycles. The van der Waals surface area contributed by atoms with Crippen LogP contribution in [0.2, 0.25) is 0 Å². The van der Waals surface area contributed by atoms with Crippen LogP contribution in [0.3, 0.4) is 0 Å². The molecule has 1 aromatic heterocycles.